The standard InChI is InChI=1S/C6H4Cl2O3S/c7-5-2-1-4(3-6(5)8)12(9,10)11/h1-3H,(H,9,10,11)/p-1. The van der Waals surface area contributed by atoms with Gasteiger partial charge in [-0.2, -0.15) is 0 Å². The molecular formula is C6H3Cl2O3S-. The molecule has 1 rings (SSSR count). The van der Waals surface area contributed by atoms with Crippen molar-refractivity contribution < 1.29 is 13.0 Å². The van der Waals surface area contributed by atoms with Gasteiger partial charge in [-0.1, -0.05) is 23.2 Å². The second kappa shape index (κ2) is 3.22. The molecule has 1 aromatic rings. The van der Waals surface area contributed by atoms with Crippen molar-refractivity contribution in [1.82, 2.24) is 0 Å². The van der Waals surface area contributed by atoms with E-state index >= 15 is 0 Å². The van der Waals surface area contributed by atoms with Gasteiger partial charge in [-0.3, -0.25) is 0 Å². The molecule has 3 nitrogen and oxygen atoms in total. The van der Waals surface area contributed by atoms with Gasteiger partial charge < -0.3 is 4.55 Å². The number of hydrogen-bond acceptors (Lipinski definition) is 3. The fourth-order valence-electron chi connectivity index (χ4n) is 0.632. The maximum atomic E-state index is 10.4. The first kappa shape index (κ1) is 9.80. The van der Waals surface area contributed by atoms with Gasteiger partial charge in [0.2, 0.25) is 0 Å². The van der Waals surface area contributed by atoms with Gasteiger partial charge in [0.1, 0.15) is 10.1 Å². The minimum Gasteiger partial charge on any atom is -0.744 e. The molecule has 6 heteroatoms. The third-order valence-electron chi connectivity index (χ3n) is 1.18. The van der Waals surface area contributed by atoms with Crippen LogP contribution < -0.4 is 0 Å². The normalized spacial score (nSPS) is 11.6. The Morgan fingerprint density at radius 3 is 2.17 bits per heavy atom. The van der Waals surface area contributed by atoms with Gasteiger partial charge in [-0.25, -0.2) is 8.42 Å². The zero-order valence-electron chi connectivity index (χ0n) is 5.62. The van der Waals surface area contributed by atoms with E-state index in [2.05, 4.69) is 0 Å². The molecule has 0 fully saturated rings. The predicted molar refractivity (Wildman–Crippen MR) is 44.4 cm³/mol. The van der Waals surface area contributed by atoms with E-state index < -0.39 is 10.1 Å². The minimum absolute atomic E-state index is 0.0496. The zero-order chi connectivity index (χ0) is 9.35. The lowest BCUT2D eigenvalue weighted by atomic mass is 10.4. The lowest BCUT2D eigenvalue weighted by Gasteiger charge is -2.06. The van der Waals surface area contributed by atoms with Crippen LogP contribution in [0.15, 0.2) is 23.1 Å². The van der Waals surface area contributed by atoms with Crippen LogP contribution in [0.2, 0.25) is 10.0 Å². The molecule has 0 saturated heterocycles. The van der Waals surface area contributed by atoms with Crippen LogP contribution in [0.1, 0.15) is 0 Å². The van der Waals surface area contributed by atoms with Gasteiger partial charge in [0, 0.05) is 0 Å². The van der Waals surface area contributed by atoms with E-state index in [1.807, 2.05) is 0 Å². The highest BCUT2D eigenvalue weighted by Gasteiger charge is 2.03. The zero-order valence-corrected chi connectivity index (χ0v) is 7.95. The first-order valence-electron chi connectivity index (χ1n) is 2.82. The summed E-state index contributed by atoms with van der Waals surface area (Å²) in [7, 11) is -4.44. The van der Waals surface area contributed by atoms with Crippen LogP contribution >= 0.6 is 23.2 Å². The van der Waals surface area contributed by atoms with Gasteiger partial charge in [0.15, 0.2) is 0 Å². The lowest BCUT2D eigenvalue weighted by Crippen LogP contribution is -1.97. The Labute approximate surface area is 79.7 Å². The van der Waals surface area contributed by atoms with Crippen molar-refractivity contribution in [2.45, 2.75) is 4.90 Å². The van der Waals surface area contributed by atoms with E-state index in [4.69, 9.17) is 23.2 Å². The first-order valence-corrected chi connectivity index (χ1v) is 4.98. The van der Waals surface area contributed by atoms with Crippen LogP contribution in [0, 0.1) is 0 Å². The molecule has 66 valence electrons. The Balaban J connectivity index is 3.33. The molecule has 12 heavy (non-hydrogen) atoms. The Bertz CT molecular complexity index is 399. The van der Waals surface area contributed by atoms with Crippen LogP contribution in [-0.2, 0) is 10.1 Å². The fraction of sp³-hybridized carbons (Fsp3) is 0. The summed E-state index contributed by atoms with van der Waals surface area (Å²) >= 11 is 11.0. The highest BCUT2D eigenvalue weighted by Crippen LogP contribution is 2.24. The molecule has 0 aromatic heterocycles. The van der Waals surface area contributed by atoms with Crippen molar-refractivity contribution in [3.05, 3.63) is 28.2 Å². The molecule has 0 N–H and O–H groups in total. The third-order valence-corrected chi connectivity index (χ3v) is 2.75. The topological polar surface area (TPSA) is 57.2 Å². The number of hydrogen-bond donors (Lipinski definition) is 0. The van der Waals surface area contributed by atoms with E-state index in [1.165, 1.54) is 6.07 Å². The van der Waals surface area contributed by atoms with Crippen molar-refractivity contribution in [2.24, 2.45) is 0 Å². The quantitative estimate of drug-likeness (QED) is 0.687. The van der Waals surface area contributed by atoms with Crippen molar-refractivity contribution in [3.63, 3.8) is 0 Å². The molecule has 0 aliphatic carbocycles. The van der Waals surface area contributed by atoms with Crippen LogP contribution in [0.3, 0.4) is 0 Å². The highest BCUT2D eigenvalue weighted by atomic mass is 35.5. The van der Waals surface area contributed by atoms with E-state index in [9.17, 15) is 13.0 Å². The molecule has 0 bridgehead atoms. The molecule has 0 atom stereocenters. The number of benzene rings is 1. The monoisotopic (exact) mass is 225 g/mol. The predicted octanol–water partition coefficient (Wildman–Crippen LogP) is 1.90. The summed E-state index contributed by atoms with van der Waals surface area (Å²) in [5, 5.41) is 0.262. The average Bonchev–Trinajstić information content (AvgIpc) is 1.92. The maximum absolute atomic E-state index is 10.4. The Morgan fingerprint density at radius 1 is 1.17 bits per heavy atom. The molecule has 0 radical (unpaired) electrons. The van der Waals surface area contributed by atoms with Crippen LogP contribution in [-0.4, -0.2) is 13.0 Å². The van der Waals surface area contributed by atoms with Crippen LogP contribution in [0.4, 0.5) is 0 Å². The lowest BCUT2D eigenvalue weighted by molar-refractivity contribution is 0.463. The SMILES string of the molecule is O=S(=O)([O-])c1ccc(Cl)c(Cl)c1. The molecule has 0 spiro atoms. The molecule has 0 aliphatic heterocycles. The third kappa shape index (κ3) is 2.10. The summed E-state index contributed by atoms with van der Waals surface area (Å²) in [6.45, 7) is 0. The van der Waals surface area contributed by atoms with Gasteiger partial charge in [0.25, 0.3) is 0 Å². The van der Waals surface area contributed by atoms with Crippen LogP contribution in [0.5, 0.6) is 0 Å². The average molecular weight is 226 g/mol. The molecular weight excluding hydrogens is 223 g/mol. The Hall–Kier alpha value is -0.290. The van der Waals surface area contributed by atoms with Crippen molar-refractivity contribution in [2.75, 3.05) is 0 Å². The van der Waals surface area contributed by atoms with Crippen LogP contribution in [0.25, 0.3) is 0 Å². The van der Waals surface area contributed by atoms with Gasteiger partial charge in [-0.15, -0.1) is 0 Å². The minimum atomic E-state index is -4.44. The van der Waals surface area contributed by atoms with Gasteiger partial charge in [-0.05, 0) is 18.2 Å². The van der Waals surface area contributed by atoms with Gasteiger partial charge >= 0.3 is 0 Å². The number of halogens is 2. The second-order valence-corrected chi connectivity index (χ2v) is 4.22. The Morgan fingerprint density at radius 2 is 1.75 bits per heavy atom. The molecule has 0 saturated carbocycles. The van der Waals surface area contributed by atoms with Crippen molar-refractivity contribution in [3.8, 4) is 0 Å². The molecule has 0 unspecified atom stereocenters. The fourth-order valence-corrected chi connectivity index (χ4v) is 1.49. The molecule has 0 amide bonds. The highest BCUT2D eigenvalue weighted by molar-refractivity contribution is 7.85. The summed E-state index contributed by atoms with van der Waals surface area (Å²) in [6.07, 6.45) is 0. The van der Waals surface area contributed by atoms with E-state index in [0.29, 0.717) is 0 Å². The number of rotatable bonds is 1. The smallest absolute Gasteiger partial charge is 0.124 e. The van der Waals surface area contributed by atoms with E-state index in [-0.39, 0.29) is 14.9 Å². The molecule has 0 heterocycles. The summed E-state index contributed by atoms with van der Waals surface area (Å²) < 4.78 is 31.3. The summed E-state index contributed by atoms with van der Waals surface area (Å²) in [5.41, 5.74) is 0. The van der Waals surface area contributed by atoms with Crippen molar-refractivity contribution >= 4 is 33.3 Å². The first-order chi connectivity index (χ1) is 5.41. The van der Waals surface area contributed by atoms with Crippen molar-refractivity contribution in [1.29, 1.82) is 0 Å². The second-order valence-electron chi connectivity index (χ2n) is 2.03. The Kier molecular flexibility index (Phi) is 2.63. The molecule has 0 aliphatic rings. The van der Waals surface area contributed by atoms with E-state index in [1.54, 1.807) is 0 Å². The summed E-state index contributed by atoms with van der Waals surface area (Å²) in [5.74, 6) is 0. The summed E-state index contributed by atoms with van der Waals surface area (Å²) in [6, 6.07) is 3.39. The maximum Gasteiger partial charge on any atom is 0.124 e. The summed E-state index contributed by atoms with van der Waals surface area (Å²) in [4.78, 5) is -0.378. The van der Waals surface area contributed by atoms with Gasteiger partial charge in [0.05, 0.1) is 14.9 Å². The molecule has 1 aromatic carbocycles. The van der Waals surface area contributed by atoms with E-state index in [0.717, 1.165) is 12.1 Å². The largest absolute Gasteiger partial charge is 0.744 e.